The van der Waals surface area contributed by atoms with Gasteiger partial charge in [-0.2, -0.15) is 0 Å². The first-order valence-electron chi connectivity index (χ1n) is 8.45. The van der Waals surface area contributed by atoms with Crippen LogP contribution >= 0.6 is 23.1 Å². The number of rotatable bonds is 9. The molecule has 1 aromatic carbocycles. The lowest BCUT2D eigenvalue weighted by Crippen LogP contribution is -2.22. The number of aromatic nitrogens is 2. The Hall–Kier alpha value is -1.40. The Bertz CT molecular complexity index is 640. The van der Waals surface area contributed by atoms with Gasteiger partial charge in [0.25, 0.3) is 0 Å². The van der Waals surface area contributed by atoms with Gasteiger partial charge in [0.05, 0.1) is 0 Å². The summed E-state index contributed by atoms with van der Waals surface area (Å²) in [6.45, 7) is 6.29. The molecule has 2 rings (SSSR count). The zero-order valence-corrected chi connectivity index (χ0v) is 16.2. The van der Waals surface area contributed by atoms with Crippen LogP contribution < -0.4 is 5.32 Å². The predicted octanol–water partition coefficient (Wildman–Crippen LogP) is 5.29. The fourth-order valence-electron chi connectivity index (χ4n) is 2.33. The third-order valence-corrected chi connectivity index (χ3v) is 5.93. The second-order valence-corrected chi connectivity index (χ2v) is 8.08. The van der Waals surface area contributed by atoms with Crippen LogP contribution in [0, 0.1) is 12.8 Å². The van der Waals surface area contributed by atoms with Gasteiger partial charge in [0.15, 0.2) is 4.34 Å². The Morgan fingerprint density at radius 3 is 2.67 bits per heavy atom. The van der Waals surface area contributed by atoms with Gasteiger partial charge < -0.3 is 5.32 Å². The highest BCUT2D eigenvalue weighted by Crippen LogP contribution is 2.29. The molecule has 1 N–H and O–H groups in total. The van der Waals surface area contributed by atoms with Crippen molar-refractivity contribution in [3.8, 4) is 0 Å². The van der Waals surface area contributed by atoms with E-state index in [0.29, 0.717) is 5.13 Å². The van der Waals surface area contributed by atoms with E-state index in [9.17, 15) is 4.79 Å². The molecule has 0 aliphatic carbocycles. The van der Waals surface area contributed by atoms with Crippen LogP contribution in [0.5, 0.6) is 0 Å². The molecule has 0 bridgehead atoms. The molecule has 4 nitrogen and oxygen atoms in total. The van der Waals surface area contributed by atoms with Crippen LogP contribution in [0.25, 0.3) is 0 Å². The molecular weight excluding hydrogens is 338 g/mol. The molecule has 130 valence electrons. The minimum absolute atomic E-state index is 0.0668. The van der Waals surface area contributed by atoms with E-state index in [1.54, 1.807) is 11.8 Å². The molecule has 1 heterocycles. The van der Waals surface area contributed by atoms with Crippen molar-refractivity contribution in [1.29, 1.82) is 0 Å². The maximum atomic E-state index is 12.3. The number of nitrogens with zero attached hydrogens (tertiary/aromatic N) is 2. The lowest BCUT2D eigenvalue weighted by atomic mass is 9.99. The Morgan fingerprint density at radius 1 is 1.25 bits per heavy atom. The maximum Gasteiger partial charge on any atom is 0.229 e. The zero-order valence-electron chi connectivity index (χ0n) is 14.5. The number of amides is 1. The average Bonchev–Trinajstić information content (AvgIpc) is 3.02. The summed E-state index contributed by atoms with van der Waals surface area (Å²) in [5, 5.41) is 11.8. The van der Waals surface area contributed by atoms with E-state index in [1.807, 2.05) is 0 Å². The molecule has 1 atom stereocenters. The van der Waals surface area contributed by atoms with Crippen molar-refractivity contribution in [1.82, 2.24) is 10.2 Å². The first-order chi connectivity index (χ1) is 11.6. The van der Waals surface area contributed by atoms with Gasteiger partial charge in [0, 0.05) is 11.7 Å². The van der Waals surface area contributed by atoms with Gasteiger partial charge in [-0.1, -0.05) is 79.6 Å². The maximum absolute atomic E-state index is 12.3. The van der Waals surface area contributed by atoms with E-state index in [4.69, 9.17) is 0 Å². The molecule has 0 radical (unpaired) electrons. The quantitative estimate of drug-likeness (QED) is 0.485. The normalized spacial score (nSPS) is 12.1. The molecule has 0 fully saturated rings. The number of benzene rings is 1. The first-order valence-corrected chi connectivity index (χ1v) is 10.2. The van der Waals surface area contributed by atoms with Crippen molar-refractivity contribution in [2.45, 2.75) is 56.5 Å². The van der Waals surface area contributed by atoms with Crippen molar-refractivity contribution < 1.29 is 4.79 Å². The van der Waals surface area contributed by atoms with E-state index >= 15 is 0 Å². The van der Waals surface area contributed by atoms with Crippen LogP contribution in [-0.4, -0.2) is 16.1 Å². The predicted molar refractivity (Wildman–Crippen MR) is 103 cm³/mol. The molecule has 1 amide bonds. The molecular formula is C18H25N3OS2. The van der Waals surface area contributed by atoms with Crippen molar-refractivity contribution in [3.63, 3.8) is 0 Å². The Kier molecular flexibility index (Phi) is 7.72. The number of aryl methyl sites for hydroxylation is 1. The summed E-state index contributed by atoms with van der Waals surface area (Å²) in [7, 11) is 0. The average molecular weight is 364 g/mol. The number of nitrogens with one attached hydrogen (secondary N) is 1. The highest BCUT2D eigenvalue weighted by atomic mass is 32.2. The summed E-state index contributed by atoms with van der Waals surface area (Å²) in [5.41, 5.74) is 2.52. The lowest BCUT2D eigenvalue weighted by Gasteiger charge is -2.12. The topological polar surface area (TPSA) is 54.9 Å². The van der Waals surface area contributed by atoms with Crippen LogP contribution in [0.2, 0.25) is 0 Å². The summed E-state index contributed by atoms with van der Waals surface area (Å²) >= 11 is 3.09. The number of carbonyl (C=O) groups is 1. The molecule has 0 aliphatic rings. The van der Waals surface area contributed by atoms with Gasteiger partial charge in [0.2, 0.25) is 11.0 Å². The van der Waals surface area contributed by atoms with Crippen LogP contribution in [0.15, 0.2) is 28.6 Å². The summed E-state index contributed by atoms with van der Waals surface area (Å²) in [4.78, 5) is 12.3. The van der Waals surface area contributed by atoms with E-state index in [1.165, 1.54) is 22.5 Å². The second kappa shape index (κ2) is 9.79. The Labute approximate surface area is 152 Å². The summed E-state index contributed by atoms with van der Waals surface area (Å²) in [6, 6.07) is 8.49. The SMILES string of the molecule is CCCC[C@@H](CC)C(=O)Nc1nnc(SCc2ccc(C)cc2)s1. The standard InChI is InChI=1S/C18H25N3OS2/c1-4-6-7-15(5-2)16(22)19-17-20-21-18(24-17)23-12-14-10-8-13(3)9-11-14/h8-11,15H,4-7,12H2,1-3H3,(H,19,20,22)/t15-/m1/s1. The molecule has 0 saturated carbocycles. The van der Waals surface area contributed by atoms with Crippen molar-refractivity contribution in [2.75, 3.05) is 5.32 Å². The highest BCUT2D eigenvalue weighted by Gasteiger charge is 2.17. The number of carbonyl (C=O) groups excluding carboxylic acids is 1. The highest BCUT2D eigenvalue weighted by molar-refractivity contribution is 8.00. The Balaban J connectivity index is 1.85. The minimum atomic E-state index is 0.0668. The minimum Gasteiger partial charge on any atom is -0.300 e. The van der Waals surface area contributed by atoms with Crippen molar-refractivity contribution >= 4 is 34.1 Å². The first kappa shape index (κ1) is 18.9. The largest absolute Gasteiger partial charge is 0.300 e. The molecule has 1 aromatic heterocycles. The third-order valence-electron chi connectivity index (χ3n) is 3.89. The van der Waals surface area contributed by atoms with Crippen LogP contribution in [0.4, 0.5) is 5.13 Å². The second-order valence-electron chi connectivity index (χ2n) is 5.88. The van der Waals surface area contributed by atoms with E-state index in [2.05, 4.69) is 60.6 Å². The fraction of sp³-hybridized carbons (Fsp3) is 0.500. The molecule has 0 spiro atoms. The number of hydrogen-bond donors (Lipinski definition) is 1. The fourth-order valence-corrected chi connectivity index (χ4v) is 4.04. The van der Waals surface area contributed by atoms with Gasteiger partial charge >= 0.3 is 0 Å². The lowest BCUT2D eigenvalue weighted by molar-refractivity contribution is -0.120. The van der Waals surface area contributed by atoms with Crippen LogP contribution in [-0.2, 0) is 10.5 Å². The van der Waals surface area contributed by atoms with E-state index in [-0.39, 0.29) is 11.8 Å². The van der Waals surface area contributed by atoms with Gasteiger partial charge in [-0.3, -0.25) is 4.79 Å². The van der Waals surface area contributed by atoms with Gasteiger partial charge in [0.1, 0.15) is 0 Å². The molecule has 6 heteroatoms. The number of thioether (sulfide) groups is 1. The summed E-state index contributed by atoms with van der Waals surface area (Å²) in [6.07, 6.45) is 3.99. The molecule has 2 aromatic rings. The number of anilines is 1. The zero-order chi connectivity index (χ0) is 17.4. The monoisotopic (exact) mass is 363 g/mol. The molecule has 24 heavy (non-hydrogen) atoms. The van der Waals surface area contributed by atoms with Crippen LogP contribution in [0.3, 0.4) is 0 Å². The van der Waals surface area contributed by atoms with Gasteiger partial charge in [-0.25, -0.2) is 0 Å². The van der Waals surface area contributed by atoms with Crippen molar-refractivity contribution in [2.24, 2.45) is 5.92 Å². The number of hydrogen-bond acceptors (Lipinski definition) is 5. The van der Waals surface area contributed by atoms with Crippen molar-refractivity contribution in [3.05, 3.63) is 35.4 Å². The molecule has 0 aliphatic heterocycles. The molecule has 0 unspecified atom stereocenters. The van der Waals surface area contributed by atoms with Gasteiger partial charge in [-0.05, 0) is 25.3 Å². The smallest absolute Gasteiger partial charge is 0.229 e. The third kappa shape index (κ3) is 5.91. The molecule has 0 saturated heterocycles. The Morgan fingerprint density at radius 2 is 2.00 bits per heavy atom. The van der Waals surface area contributed by atoms with E-state index in [0.717, 1.165) is 35.8 Å². The van der Waals surface area contributed by atoms with Gasteiger partial charge in [-0.15, -0.1) is 10.2 Å². The summed E-state index contributed by atoms with van der Waals surface area (Å²) < 4.78 is 0.882. The van der Waals surface area contributed by atoms with E-state index < -0.39 is 0 Å². The van der Waals surface area contributed by atoms with Crippen LogP contribution in [0.1, 0.15) is 50.7 Å². The summed E-state index contributed by atoms with van der Waals surface area (Å²) in [5.74, 6) is 0.992. The number of unbranched alkanes of at least 4 members (excludes halogenated alkanes) is 1.